The highest BCUT2D eigenvalue weighted by Crippen LogP contribution is 2.41. The molecule has 92 heavy (non-hydrogen) atoms. The van der Waals surface area contributed by atoms with Gasteiger partial charge in [-0.2, -0.15) is 0 Å². The number of aliphatic hydroxyl groups excluding tert-OH is 12. The van der Waals surface area contributed by atoms with Crippen LogP contribution in [0, 0.1) is 17.8 Å². The summed E-state index contributed by atoms with van der Waals surface area (Å²) in [5.74, 6) is -10.6. The van der Waals surface area contributed by atoms with Crippen molar-refractivity contribution in [1.82, 2.24) is 0 Å². The summed E-state index contributed by atoms with van der Waals surface area (Å²) in [5, 5.41) is 124. The number of rotatable bonds is 23. The van der Waals surface area contributed by atoms with E-state index < -0.39 is 222 Å². The molecule has 3 saturated heterocycles. The molecule has 510 valence electrons. The summed E-state index contributed by atoms with van der Waals surface area (Å²) in [6, 6.07) is 3.84. The number of methoxy groups -OCH3 is 3. The minimum absolute atomic E-state index is 0.0388. The van der Waals surface area contributed by atoms with Crippen molar-refractivity contribution in [2.75, 3.05) is 47.8 Å². The molecule has 6 aliphatic heterocycles. The van der Waals surface area contributed by atoms with Crippen molar-refractivity contribution in [2.24, 2.45) is 17.8 Å². The molecule has 1 aromatic rings. The summed E-state index contributed by atoms with van der Waals surface area (Å²) in [7, 11) is 3.18. The van der Waals surface area contributed by atoms with E-state index in [1.54, 1.807) is 0 Å². The molecule has 33 nitrogen and oxygen atoms in total. The van der Waals surface area contributed by atoms with Crippen LogP contribution in [0.4, 0.5) is 0 Å². The van der Waals surface area contributed by atoms with Gasteiger partial charge in [-0.3, -0.25) is 14.4 Å². The SMILES string of the molecule is C/C=C1\[C@H](O[C@@H]2O[C@H](CO)[C@@H](O)[C@H](O)[C@H]2O)OC=C(C(=O)OC)[C@H]1CC(=O)OCCc1ccc(OC(=O)C[C@@H]2C(C(=O)OC)=CO[C@@H](O[C@@H]3O[C@H](CO)[C@@H](O)[C@H](O)[C@H]3O)/C2=C\C)c(OC(=O)C[C@@H]2C(C(=O)OC)=CO[C@@H](O[C@@H]3O[C@H](CO)[C@@H](O)[C@H](O)[C@H]3O)/C2=C/C)c1. The monoisotopic (exact) mass is 1310 g/mol. The van der Waals surface area contributed by atoms with E-state index in [9.17, 15) is 90.0 Å². The van der Waals surface area contributed by atoms with Gasteiger partial charge in [0.05, 0.1) is 103 Å². The molecule has 0 radical (unpaired) electrons. The second-order valence-electron chi connectivity index (χ2n) is 21.4. The van der Waals surface area contributed by atoms with Crippen molar-refractivity contribution in [2.45, 2.75) is 157 Å². The quantitative estimate of drug-likeness (QED) is 0.0216. The van der Waals surface area contributed by atoms with Crippen molar-refractivity contribution < 1.29 is 161 Å². The van der Waals surface area contributed by atoms with Crippen LogP contribution in [-0.4, -0.2) is 256 Å². The number of allylic oxidation sites excluding steroid dienone is 3. The number of aliphatic hydroxyl groups is 12. The van der Waals surface area contributed by atoms with E-state index >= 15 is 0 Å². The molecule has 6 heterocycles. The van der Waals surface area contributed by atoms with E-state index in [2.05, 4.69) is 0 Å². The molecule has 0 amide bonds. The Hall–Kier alpha value is -6.84. The number of ether oxygens (including phenoxy) is 15. The van der Waals surface area contributed by atoms with Gasteiger partial charge in [0.15, 0.2) is 30.4 Å². The predicted octanol–water partition coefficient (Wildman–Crippen LogP) is -3.87. The third kappa shape index (κ3) is 16.4. The van der Waals surface area contributed by atoms with Crippen LogP contribution in [-0.2, 0) is 96.8 Å². The predicted molar refractivity (Wildman–Crippen MR) is 297 cm³/mol. The smallest absolute Gasteiger partial charge is 0.337 e. The molecule has 0 aromatic heterocycles. The first-order chi connectivity index (χ1) is 43.9. The van der Waals surface area contributed by atoms with Crippen molar-refractivity contribution >= 4 is 35.8 Å². The number of benzene rings is 1. The molecular weight excluding hydrogens is 1240 g/mol. The van der Waals surface area contributed by atoms with E-state index in [1.165, 1.54) is 57.2 Å². The van der Waals surface area contributed by atoms with E-state index in [0.29, 0.717) is 0 Å². The Labute approximate surface area is 524 Å². The van der Waals surface area contributed by atoms with Gasteiger partial charge < -0.3 is 132 Å². The average Bonchev–Trinajstić information content (AvgIpc) is 0.823. The maximum absolute atomic E-state index is 14.4. The molecule has 33 heteroatoms. The Kier molecular flexibility index (Phi) is 25.9. The maximum Gasteiger partial charge on any atom is 0.337 e. The Morgan fingerprint density at radius 1 is 0.446 bits per heavy atom. The Bertz CT molecular complexity index is 2970. The number of esters is 6. The number of carbonyl (C=O) groups excluding carboxylic acids is 6. The zero-order valence-electron chi connectivity index (χ0n) is 50.4. The van der Waals surface area contributed by atoms with Crippen LogP contribution in [0.3, 0.4) is 0 Å². The lowest BCUT2D eigenvalue weighted by atomic mass is 9.86. The lowest BCUT2D eigenvalue weighted by Crippen LogP contribution is -2.60. The van der Waals surface area contributed by atoms with Crippen molar-refractivity contribution in [3.05, 3.63) is 94.2 Å². The lowest BCUT2D eigenvalue weighted by molar-refractivity contribution is -0.327. The molecule has 7 rings (SSSR count). The minimum atomic E-state index is -1.90. The van der Waals surface area contributed by atoms with Gasteiger partial charge in [0.25, 0.3) is 0 Å². The molecule has 0 saturated carbocycles. The summed E-state index contributed by atoms with van der Waals surface area (Å²) in [6.07, 6.45) is -25.4. The third-order valence-corrected chi connectivity index (χ3v) is 15.9. The first kappa shape index (κ1) is 72.6. The molecule has 6 aliphatic rings. The molecule has 0 bridgehead atoms. The van der Waals surface area contributed by atoms with Crippen LogP contribution in [0.1, 0.15) is 45.6 Å². The van der Waals surface area contributed by atoms with E-state index in [0.717, 1.165) is 40.1 Å². The topological polar surface area (TPSA) is 484 Å². The zero-order chi connectivity index (χ0) is 67.4. The van der Waals surface area contributed by atoms with Crippen LogP contribution < -0.4 is 9.47 Å². The van der Waals surface area contributed by atoms with Gasteiger partial charge in [0.2, 0.25) is 18.9 Å². The van der Waals surface area contributed by atoms with E-state index in [-0.39, 0.29) is 45.4 Å². The van der Waals surface area contributed by atoms with Crippen molar-refractivity contribution in [3.8, 4) is 11.5 Å². The molecule has 0 spiro atoms. The molecule has 0 aliphatic carbocycles. The zero-order valence-corrected chi connectivity index (χ0v) is 50.4. The standard InChI is InChI=1S/C59H76O33/c1-7-25-28(31(51(75)78-4)21-82-54(25)90-57-48(72)45(69)42(66)36(18-60)87-57)15-39(63)81-13-12-24-10-11-34(85-40(64)16-29-26(8-2)55(83-22-32(29)52(76)79-5)91-58-49(73)46(70)43(67)37(19-61)88-58)35(14-24)86-41(65)17-30-27(9-3)56(84-23-33(30)53(77)80-6)92-59-50(74)47(71)44(68)38(20-62)89-59/h7-11,14,21-23,28-30,36-38,42-50,54-62,66-74H,12-13,15-20H2,1-6H3/b25-7-,26-8-,27-9+/t28-,29-,30-,36+,37+,38+,42+,43+,44+,45-,46-,47-,48+,49+,50+,54-,55-,56-,57-,58-,59-/m0/s1. The first-order valence-corrected chi connectivity index (χ1v) is 28.8. The second kappa shape index (κ2) is 32.8. The summed E-state index contributed by atoms with van der Waals surface area (Å²) in [6.45, 7) is 1.72. The van der Waals surface area contributed by atoms with Gasteiger partial charge in [-0.25, -0.2) is 14.4 Å². The van der Waals surface area contributed by atoms with Crippen LogP contribution in [0.15, 0.2) is 88.7 Å². The Morgan fingerprint density at radius 2 is 0.772 bits per heavy atom. The van der Waals surface area contributed by atoms with Crippen LogP contribution in [0.2, 0.25) is 0 Å². The highest BCUT2D eigenvalue weighted by molar-refractivity contribution is 5.92. The fourth-order valence-corrected chi connectivity index (χ4v) is 10.8. The highest BCUT2D eigenvalue weighted by atomic mass is 16.8. The molecule has 0 unspecified atom stereocenters. The summed E-state index contributed by atoms with van der Waals surface area (Å²) in [4.78, 5) is 81.9. The van der Waals surface area contributed by atoms with Crippen LogP contribution in [0.25, 0.3) is 0 Å². The molecule has 12 N–H and O–H groups in total. The molecule has 1 aromatic carbocycles. The summed E-state index contributed by atoms with van der Waals surface area (Å²) in [5.41, 5.74) is -0.164. The first-order valence-electron chi connectivity index (χ1n) is 28.8. The van der Waals surface area contributed by atoms with E-state index in [4.69, 9.17) is 71.1 Å². The van der Waals surface area contributed by atoms with E-state index in [1.807, 2.05) is 0 Å². The van der Waals surface area contributed by atoms with Gasteiger partial charge in [-0.05, 0) is 38.5 Å². The third-order valence-electron chi connectivity index (χ3n) is 15.9. The van der Waals surface area contributed by atoms with Crippen LogP contribution >= 0.6 is 0 Å². The average molecular weight is 1310 g/mol. The minimum Gasteiger partial charge on any atom is -0.468 e. The molecular formula is C59H76O33. The number of carbonyl (C=O) groups is 6. The normalized spacial score (nSPS) is 35.2. The Morgan fingerprint density at radius 3 is 1.09 bits per heavy atom. The molecule has 3 fully saturated rings. The number of hydrogen-bond acceptors (Lipinski definition) is 33. The van der Waals surface area contributed by atoms with Gasteiger partial charge >= 0.3 is 35.8 Å². The van der Waals surface area contributed by atoms with Gasteiger partial charge in [0.1, 0.15) is 73.2 Å². The van der Waals surface area contributed by atoms with Crippen LogP contribution in [0.5, 0.6) is 11.5 Å². The largest absolute Gasteiger partial charge is 0.468 e. The van der Waals surface area contributed by atoms with Crippen molar-refractivity contribution in [3.63, 3.8) is 0 Å². The molecule has 21 atom stereocenters. The fraction of sp³-hybridized carbons (Fsp3) is 0.593. The lowest BCUT2D eigenvalue weighted by Gasteiger charge is -2.42. The second-order valence-corrected chi connectivity index (χ2v) is 21.4. The van der Waals surface area contributed by atoms with Gasteiger partial charge in [-0.15, -0.1) is 0 Å². The summed E-state index contributed by atoms with van der Waals surface area (Å²) < 4.78 is 83.3. The van der Waals surface area contributed by atoms with Gasteiger partial charge in [-0.1, -0.05) is 24.3 Å². The Balaban J connectivity index is 1.14. The van der Waals surface area contributed by atoms with Gasteiger partial charge in [0, 0.05) is 40.9 Å². The fourth-order valence-electron chi connectivity index (χ4n) is 10.8. The van der Waals surface area contributed by atoms with Crippen molar-refractivity contribution in [1.29, 1.82) is 0 Å². The number of hydrogen-bond donors (Lipinski definition) is 12. The summed E-state index contributed by atoms with van der Waals surface area (Å²) >= 11 is 0. The maximum atomic E-state index is 14.4. The highest BCUT2D eigenvalue weighted by Gasteiger charge is 2.51.